The zero-order valence-electron chi connectivity index (χ0n) is 7.38. The molecule has 0 spiro atoms. The second kappa shape index (κ2) is 4.45. The molecule has 0 unspecified atom stereocenters. The van der Waals surface area contributed by atoms with Gasteiger partial charge < -0.3 is 4.74 Å². The van der Waals surface area contributed by atoms with Crippen molar-refractivity contribution in [3.63, 3.8) is 0 Å². The van der Waals surface area contributed by atoms with Crippen LogP contribution in [0.4, 0.5) is 13.2 Å². The summed E-state index contributed by atoms with van der Waals surface area (Å²) >= 11 is 4.00. The number of nitriles is 1. The normalized spacial score (nSPS) is 10.9. The number of hydrogen-bond donors (Lipinski definition) is 1. The predicted molar refractivity (Wildman–Crippen MR) is 49.7 cm³/mol. The number of thiol groups is 1. The summed E-state index contributed by atoms with van der Waals surface area (Å²) in [6, 6.07) is 5.49. The van der Waals surface area contributed by atoms with Crippen molar-refractivity contribution in [1.29, 1.82) is 5.26 Å². The molecule has 0 saturated carbocycles. The first kappa shape index (κ1) is 11.7. The monoisotopic (exact) mass is 233 g/mol. The lowest BCUT2D eigenvalue weighted by Gasteiger charge is -2.10. The molecule has 15 heavy (non-hydrogen) atoms. The first-order valence-corrected chi connectivity index (χ1v) is 4.31. The molecule has 0 aromatic heterocycles. The smallest absolute Gasteiger partial charge is 0.406 e. The van der Waals surface area contributed by atoms with E-state index in [0.717, 1.165) is 12.1 Å². The highest BCUT2D eigenvalue weighted by molar-refractivity contribution is 7.80. The van der Waals surface area contributed by atoms with Gasteiger partial charge in [-0.15, -0.1) is 25.8 Å². The van der Waals surface area contributed by atoms with Crippen LogP contribution in [-0.2, 0) is 6.42 Å². The van der Waals surface area contributed by atoms with Crippen LogP contribution in [0, 0.1) is 11.3 Å². The van der Waals surface area contributed by atoms with E-state index in [2.05, 4.69) is 17.4 Å². The standard InChI is InChI=1S/C9H6F3NOS/c10-9(11,12)14-7-1-2-8(15)6(5-7)3-4-13/h1-2,5,15H,3H2. The molecular formula is C9H6F3NOS. The van der Waals surface area contributed by atoms with E-state index in [0.29, 0.717) is 10.5 Å². The number of rotatable bonds is 2. The molecule has 1 rings (SSSR count). The van der Waals surface area contributed by atoms with Crippen LogP contribution in [0.3, 0.4) is 0 Å². The zero-order chi connectivity index (χ0) is 11.5. The Labute approximate surface area is 89.7 Å². The van der Waals surface area contributed by atoms with Crippen LogP contribution in [0.5, 0.6) is 5.75 Å². The Hall–Kier alpha value is -1.35. The van der Waals surface area contributed by atoms with Crippen molar-refractivity contribution in [1.82, 2.24) is 0 Å². The van der Waals surface area contributed by atoms with Crippen molar-refractivity contribution in [2.24, 2.45) is 0 Å². The molecule has 0 radical (unpaired) electrons. The molecule has 1 aromatic carbocycles. The second-order valence-electron chi connectivity index (χ2n) is 2.67. The van der Waals surface area contributed by atoms with Gasteiger partial charge in [-0.05, 0) is 23.8 Å². The maximum absolute atomic E-state index is 11.9. The van der Waals surface area contributed by atoms with E-state index < -0.39 is 6.36 Å². The number of alkyl halides is 3. The van der Waals surface area contributed by atoms with Crippen LogP contribution in [0.15, 0.2) is 23.1 Å². The minimum atomic E-state index is -4.72. The highest BCUT2D eigenvalue weighted by Gasteiger charge is 2.31. The fourth-order valence-corrected chi connectivity index (χ4v) is 1.20. The number of halogens is 3. The molecule has 0 aliphatic rings. The van der Waals surface area contributed by atoms with E-state index in [1.807, 2.05) is 6.07 Å². The summed E-state index contributed by atoms with van der Waals surface area (Å²) in [5.41, 5.74) is 0.405. The van der Waals surface area contributed by atoms with Gasteiger partial charge >= 0.3 is 6.36 Å². The van der Waals surface area contributed by atoms with Gasteiger partial charge in [0.05, 0.1) is 12.5 Å². The van der Waals surface area contributed by atoms with Crippen molar-refractivity contribution in [2.75, 3.05) is 0 Å². The third-order valence-corrected chi connectivity index (χ3v) is 1.99. The lowest BCUT2D eigenvalue weighted by atomic mass is 10.1. The van der Waals surface area contributed by atoms with Gasteiger partial charge in [-0.1, -0.05) is 0 Å². The Balaban J connectivity index is 2.93. The molecule has 0 aliphatic carbocycles. The highest BCUT2D eigenvalue weighted by Crippen LogP contribution is 2.26. The van der Waals surface area contributed by atoms with Gasteiger partial charge in [0.2, 0.25) is 0 Å². The Morgan fingerprint density at radius 3 is 2.60 bits per heavy atom. The summed E-state index contributed by atoms with van der Waals surface area (Å²) in [7, 11) is 0. The molecule has 1 aromatic rings. The molecule has 0 saturated heterocycles. The largest absolute Gasteiger partial charge is 0.573 e. The number of ether oxygens (including phenoxy) is 1. The summed E-state index contributed by atoms with van der Waals surface area (Å²) in [6.45, 7) is 0. The van der Waals surface area contributed by atoms with E-state index in [1.165, 1.54) is 6.07 Å². The third-order valence-electron chi connectivity index (χ3n) is 1.55. The zero-order valence-corrected chi connectivity index (χ0v) is 8.27. The lowest BCUT2D eigenvalue weighted by Crippen LogP contribution is -2.17. The minimum Gasteiger partial charge on any atom is -0.406 e. The van der Waals surface area contributed by atoms with Gasteiger partial charge in [0, 0.05) is 4.90 Å². The highest BCUT2D eigenvalue weighted by atomic mass is 32.1. The van der Waals surface area contributed by atoms with E-state index >= 15 is 0 Å². The lowest BCUT2D eigenvalue weighted by molar-refractivity contribution is -0.274. The molecule has 0 amide bonds. The molecular weight excluding hydrogens is 227 g/mol. The summed E-state index contributed by atoms with van der Waals surface area (Å²) in [4.78, 5) is 0.464. The van der Waals surface area contributed by atoms with Crippen LogP contribution in [0.2, 0.25) is 0 Å². The van der Waals surface area contributed by atoms with Crippen molar-refractivity contribution >= 4 is 12.6 Å². The number of benzene rings is 1. The Kier molecular flexibility index (Phi) is 3.48. The topological polar surface area (TPSA) is 33.0 Å². The van der Waals surface area contributed by atoms with Gasteiger partial charge in [-0.2, -0.15) is 5.26 Å². The van der Waals surface area contributed by atoms with Gasteiger partial charge in [0.15, 0.2) is 0 Å². The molecule has 0 aliphatic heterocycles. The summed E-state index contributed by atoms with van der Waals surface area (Å²) in [5.74, 6) is -0.342. The van der Waals surface area contributed by atoms with Crippen molar-refractivity contribution in [3.8, 4) is 11.8 Å². The van der Waals surface area contributed by atoms with Crippen molar-refractivity contribution in [2.45, 2.75) is 17.7 Å². The van der Waals surface area contributed by atoms with E-state index in [1.54, 1.807) is 0 Å². The molecule has 2 nitrogen and oxygen atoms in total. The van der Waals surface area contributed by atoms with Gasteiger partial charge in [0.1, 0.15) is 5.75 Å². The quantitative estimate of drug-likeness (QED) is 0.796. The summed E-state index contributed by atoms with van der Waals surface area (Å²) in [5, 5.41) is 8.42. The van der Waals surface area contributed by atoms with Crippen LogP contribution >= 0.6 is 12.6 Å². The summed E-state index contributed by atoms with van der Waals surface area (Å²) in [6.07, 6.45) is -4.73. The first-order valence-electron chi connectivity index (χ1n) is 3.87. The van der Waals surface area contributed by atoms with Crippen molar-refractivity contribution < 1.29 is 17.9 Å². The van der Waals surface area contributed by atoms with Crippen LogP contribution in [0.1, 0.15) is 5.56 Å². The average molecular weight is 233 g/mol. The van der Waals surface area contributed by atoms with Gasteiger partial charge in [-0.3, -0.25) is 0 Å². The minimum absolute atomic E-state index is 0.00606. The Morgan fingerprint density at radius 1 is 1.40 bits per heavy atom. The fraction of sp³-hybridized carbons (Fsp3) is 0.222. The molecule has 0 N–H and O–H groups in total. The number of hydrogen-bond acceptors (Lipinski definition) is 3. The SMILES string of the molecule is N#CCc1cc(OC(F)(F)F)ccc1S. The van der Waals surface area contributed by atoms with Gasteiger partial charge in [0.25, 0.3) is 0 Å². The van der Waals surface area contributed by atoms with Crippen LogP contribution < -0.4 is 4.74 Å². The summed E-state index contributed by atoms with van der Waals surface area (Å²) < 4.78 is 39.3. The van der Waals surface area contributed by atoms with E-state index in [-0.39, 0.29) is 12.2 Å². The molecule has 0 heterocycles. The van der Waals surface area contributed by atoms with Crippen LogP contribution in [-0.4, -0.2) is 6.36 Å². The van der Waals surface area contributed by atoms with Gasteiger partial charge in [-0.25, -0.2) is 0 Å². The van der Waals surface area contributed by atoms with Crippen LogP contribution in [0.25, 0.3) is 0 Å². The predicted octanol–water partition coefficient (Wildman–Crippen LogP) is 2.94. The molecule has 0 fully saturated rings. The van der Waals surface area contributed by atoms with Crippen molar-refractivity contribution in [3.05, 3.63) is 23.8 Å². The molecule has 0 atom stereocenters. The first-order chi connectivity index (χ1) is 6.92. The Bertz CT molecular complexity index is 397. The second-order valence-corrected chi connectivity index (χ2v) is 3.16. The fourth-order valence-electron chi connectivity index (χ4n) is 0.986. The third kappa shape index (κ3) is 3.72. The van der Waals surface area contributed by atoms with E-state index in [4.69, 9.17) is 5.26 Å². The molecule has 80 valence electrons. The maximum atomic E-state index is 11.9. The maximum Gasteiger partial charge on any atom is 0.573 e. The average Bonchev–Trinajstić information content (AvgIpc) is 2.09. The molecule has 0 bridgehead atoms. The number of nitrogens with zero attached hydrogens (tertiary/aromatic N) is 1. The Morgan fingerprint density at radius 2 is 2.07 bits per heavy atom. The van der Waals surface area contributed by atoms with E-state index in [9.17, 15) is 13.2 Å². The molecule has 6 heteroatoms.